The summed E-state index contributed by atoms with van der Waals surface area (Å²) in [7, 11) is 1.67. The number of hydrogen-bond donors (Lipinski definition) is 1. The van der Waals surface area contributed by atoms with Gasteiger partial charge in [-0.2, -0.15) is 0 Å². The van der Waals surface area contributed by atoms with Crippen molar-refractivity contribution in [1.29, 1.82) is 0 Å². The molecule has 0 aliphatic rings. The predicted molar refractivity (Wildman–Crippen MR) is 47.4 cm³/mol. The third-order valence-corrected chi connectivity index (χ3v) is 1.80. The molecule has 0 rings (SSSR count). The minimum atomic E-state index is -0.129. The van der Waals surface area contributed by atoms with Gasteiger partial charge < -0.3 is 10.0 Å². The summed E-state index contributed by atoms with van der Waals surface area (Å²) in [5, 5.41) is 8.75. The second kappa shape index (κ2) is 5.62. The Morgan fingerprint density at radius 2 is 2.33 bits per heavy atom. The first kappa shape index (κ1) is 11.0. The Labute approximate surface area is 73.4 Å². The zero-order valence-electron chi connectivity index (χ0n) is 7.58. The Morgan fingerprint density at radius 3 is 2.75 bits per heavy atom. The lowest BCUT2D eigenvalue weighted by Crippen LogP contribution is -2.37. The molecule has 0 saturated carbocycles. The van der Waals surface area contributed by atoms with Crippen molar-refractivity contribution >= 4 is 5.91 Å². The van der Waals surface area contributed by atoms with Crippen molar-refractivity contribution in [3.63, 3.8) is 0 Å². The normalized spacial score (nSPS) is 11.8. The monoisotopic (exact) mass is 169 g/mol. The summed E-state index contributed by atoms with van der Waals surface area (Å²) < 4.78 is 0. The largest absolute Gasteiger partial charge is 0.394 e. The van der Waals surface area contributed by atoms with E-state index in [9.17, 15) is 4.79 Å². The number of likely N-dealkylation sites (N-methyl/N-ethyl adjacent to an activating group) is 1. The molecule has 0 heterocycles. The quantitative estimate of drug-likeness (QED) is 0.612. The van der Waals surface area contributed by atoms with Crippen LogP contribution in [0.5, 0.6) is 0 Å². The lowest BCUT2D eigenvalue weighted by atomic mass is 10.2. The number of aliphatic hydroxyl groups excluding tert-OH is 1. The van der Waals surface area contributed by atoms with Crippen molar-refractivity contribution in [1.82, 2.24) is 4.90 Å². The molecule has 3 heteroatoms. The van der Waals surface area contributed by atoms with Gasteiger partial charge in [0.1, 0.15) is 0 Å². The summed E-state index contributed by atoms with van der Waals surface area (Å²) in [6.07, 6.45) is 5.83. The van der Waals surface area contributed by atoms with E-state index in [2.05, 4.69) is 5.92 Å². The van der Waals surface area contributed by atoms with Gasteiger partial charge in [-0.25, -0.2) is 0 Å². The van der Waals surface area contributed by atoms with Gasteiger partial charge in [-0.05, 0) is 6.92 Å². The fraction of sp³-hybridized carbons (Fsp3) is 0.667. The van der Waals surface area contributed by atoms with Crippen LogP contribution in [0.25, 0.3) is 0 Å². The highest BCUT2D eigenvalue weighted by Crippen LogP contribution is 1.99. The topological polar surface area (TPSA) is 40.5 Å². The lowest BCUT2D eigenvalue weighted by molar-refractivity contribution is -0.132. The maximum atomic E-state index is 11.2. The molecule has 0 spiro atoms. The van der Waals surface area contributed by atoms with Crippen LogP contribution in [0, 0.1) is 12.3 Å². The smallest absolute Gasteiger partial charge is 0.223 e. The highest BCUT2D eigenvalue weighted by Gasteiger charge is 2.13. The second-order valence-electron chi connectivity index (χ2n) is 2.74. The van der Waals surface area contributed by atoms with Gasteiger partial charge in [0.15, 0.2) is 0 Å². The molecule has 12 heavy (non-hydrogen) atoms. The summed E-state index contributed by atoms with van der Waals surface area (Å²) in [5.74, 6) is 2.38. The minimum Gasteiger partial charge on any atom is -0.394 e. The van der Waals surface area contributed by atoms with Crippen molar-refractivity contribution in [3.8, 4) is 12.3 Å². The third kappa shape index (κ3) is 3.40. The van der Waals surface area contributed by atoms with E-state index in [0.29, 0.717) is 12.8 Å². The molecular weight excluding hydrogens is 154 g/mol. The van der Waals surface area contributed by atoms with E-state index in [1.165, 1.54) is 4.90 Å². The van der Waals surface area contributed by atoms with Crippen molar-refractivity contribution in [2.75, 3.05) is 13.7 Å². The maximum absolute atomic E-state index is 11.2. The molecule has 1 atom stereocenters. The second-order valence-corrected chi connectivity index (χ2v) is 2.74. The number of rotatable bonds is 4. The highest BCUT2D eigenvalue weighted by molar-refractivity contribution is 5.76. The molecule has 0 aromatic rings. The molecule has 1 amide bonds. The van der Waals surface area contributed by atoms with Gasteiger partial charge in [-0.1, -0.05) is 0 Å². The van der Waals surface area contributed by atoms with Gasteiger partial charge in [0.25, 0.3) is 0 Å². The Morgan fingerprint density at radius 1 is 1.75 bits per heavy atom. The Kier molecular flexibility index (Phi) is 5.14. The molecule has 0 bridgehead atoms. The number of hydrogen-bond acceptors (Lipinski definition) is 2. The molecule has 1 unspecified atom stereocenters. The third-order valence-electron chi connectivity index (χ3n) is 1.80. The van der Waals surface area contributed by atoms with E-state index < -0.39 is 0 Å². The van der Waals surface area contributed by atoms with E-state index in [1.807, 2.05) is 0 Å². The number of nitrogens with zero attached hydrogens (tertiary/aromatic N) is 1. The van der Waals surface area contributed by atoms with E-state index in [0.717, 1.165) is 0 Å². The van der Waals surface area contributed by atoms with Crippen LogP contribution in [0.2, 0.25) is 0 Å². The van der Waals surface area contributed by atoms with Gasteiger partial charge in [-0.15, -0.1) is 12.3 Å². The minimum absolute atomic E-state index is 0.0156. The number of terminal acetylenes is 1. The first-order chi connectivity index (χ1) is 5.63. The number of amides is 1. The molecule has 0 aliphatic carbocycles. The summed E-state index contributed by atoms with van der Waals surface area (Å²) in [4.78, 5) is 12.7. The van der Waals surface area contributed by atoms with Crippen LogP contribution < -0.4 is 0 Å². The van der Waals surface area contributed by atoms with Crippen LogP contribution in [0.1, 0.15) is 19.8 Å². The first-order valence-electron chi connectivity index (χ1n) is 3.93. The number of carbonyl (C=O) groups excluding carboxylic acids is 1. The molecule has 3 nitrogen and oxygen atoms in total. The molecule has 0 aromatic carbocycles. The Balaban J connectivity index is 3.85. The Bertz CT molecular complexity index is 183. The van der Waals surface area contributed by atoms with Crippen LogP contribution in [0.4, 0.5) is 0 Å². The number of aliphatic hydroxyl groups is 1. The predicted octanol–water partition coefficient (Wildman–Crippen LogP) is 0.239. The summed E-state index contributed by atoms with van der Waals surface area (Å²) >= 11 is 0. The number of carbonyl (C=O) groups is 1. The maximum Gasteiger partial charge on any atom is 0.223 e. The average molecular weight is 169 g/mol. The van der Waals surface area contributed by atoms with Gasteiger partial charge in [0.05, 0.1) is 12.6 Å². The lowest BCUT2D eigenvalue weighted by Gasteiger charge is -2.22. The summed E-state index contributed by atoms with van der Waals surface area (Å²) in [6, 6.07) is -0.129. The molecule has 0 radical (unpaired) electrons. The first-order valence-corrected chi connectivity index (χ1v) is 3.93. The molecule has 0 saturated heterocycles. The van der Waals surface area contributed by atoms with Crippen LogP contribution in [-0.2, 0) is 4.79 Å². The molecule has 68 valence electrons. The molecule has 0 fully saturated rings. The van der Waals surface area contributed by atoms with Crippen LogP contribution in [0.15, 0.2) is 0 Å². The van der Waals surface area contributed by atoms with E-state index in [1.54, 1.807) is 14.0 Å². The van der Waals surface area contributed by atoms with Crippen molar-refractivity contribution in [2.24, 2.45) is 0 Å². The molecule has 0 aliphatic heterocycles. The SMILES string of the molecule is C#CCCC(=O)N(C)C(C)CO. The van der Waals surface area contributed by atoms with E-state index >= 15 is 0 Å². The van der Waals surface area contributed by atoms with Gasteiger partial charge >= 0.3 is 0 Å². The van der Waals surface area contributed by atoms with Gasteiger partial charge in [-0.3, -0.25) is 4.79 Å². The standard InChI is InChI=1S/C9H15NO2/c1-4-5-6-9(12)10(3)8(2)7-11/h1,8,11H,5-7H2,2-3H3. The molecular formula is C9H15NO2. The van der Waals surface area contributed by atoms with Crippen LogP contribution in [-0.4, -0.2) is 35.6 Å². The summed E-state index contributed by atoms with van der Waals surface area (Å²) in [5.41, 5.74) is 0. The van der Waals surface area contributed by atoms with Crippen LogP contribution >= 0.6 is 0 Å². The fourth-order valence-electron chi connectivity index (χ4n) is 0.724. The van der Waals surface area contributed by atoms with E-state index in [-0.39, 0.29) is 18.6 Å². The average Bonchev–Trinajstić information content (AvgIpc) is 2.11. The zero-order chi connectivity index (χ0) is 9.56. The van der Waals surface area contributed by atoms with Gasteiger partial charge in [0.2, 0.25) is 5.91 Å². The van der Waals surface area contributed by atoms with Gasteiger partial charge in [0, 0.05) is 19.9 Å². The van der Waals surface area contributed by atoms with Crippen molar-refractivity contribution in [2.45, 2.75) is 25.8 Å². The highest BCUT2D eigenvalue weighted by atomic mass is 16.3. The fourth-order valence-corrected chi connectivity index (χ4v) is 0.724. The zero-order valence-corrected chi connectivity index (χ0v) is 7.58. The van der Waals surface area contributed by atoms with Crippen LogP contribution in [0.3, 0.4) is 0 Å². The van der Waals surface area contributed by atoms with Crippen molar-refractivity contribution in [3.05, 3.63) is 0 Å². The van der Waals surface area contributed by atoms with Crippen molar-refractivity contribution < 1.29 is 9.90 Å². The molecule has 0 aromatic heterocycles. The van der Waals surface area contributed by atoms with E-state index in [4.69, 9.17) is 11.5 Å². The molecule has 1 N–H and O–H groups in total. The Hall–Kier alpha value is -1.01. The summed E-state index contributed by atoms with van der Waals surface area (Å²) in [6.45, 7) is 1.77.